The van der Waals surface area contributed by atoms with Crippen LogP contribution in [0, 0.1) is 0 Å². The van der Waals surface area contributed by atoms with Crippen molar-refractivity contribution in [1.29, 1.82) is 0 Å². The zero-order valence-electron chi connectivity index (χ0n) is 11.9. The summed E-state index contributed by atoms with van der Waals surface area (Å²) < 4.78 is 10.7. The minimum Gasteiger partial charge on any atom is -0.463 e. The van der Waals surface area contributed by atoms with Crippen LogP contribution in [0.25, 0.3) is 0 Å². The minimum atomic E-state index is -0.326. The molecule has 0 radical (unpaired) electrons. The van der Waals surface area contributed by atoms with Crippen LogP contribution in [0.1, 0.15) is 27.2 Å². The zero-order valence-corrected chi connectivity index (χ0v) is 11.9. The number of anilines is 2. The van der Waals surface area contributed by atoms with Gasteiger partial charge in [0.05, 0.1) is 12.2 Å². The van der Waals surface area contributed by atoms with E-state index in [0.717, 1.165) is 6.42 Å². The molecule has 0 aliphatic heterocycles. The molecule has 8 heteroatoms. The van der Waals surface area contributed by atoms with Crippen molar-refractivity contribution in [2.75, 3.05) is 31.0 Å². The molecule has 8 nitrogen and oxygen atoms in total. The molecule has 0 aromatic carbocycles. The molecule has 19 heavy (non-hydrogen) atoms. The normalized spacial score (nSPS) is 11.2. The van der Waals surface area contributed by atoms with Crippen molar-refractivity contribution in [3.05, 3.63) is 0 Å². The van der Waals surface area contributed by atoms with E-state index < -0.39 is 0 Å². The number of hydrazine groups is 1. The molecule has 0 aliphatic carbocycles. The lowest BCUT2D eigenvalue weighted by molar-refractivity contribution is 0.0342. The number of hydrogen-bond donors (Lipinski definition) is 3. The SMILES string of the molecule is CCCOc1nc(NN)nc(NCC(C)(C)OC)n1. The van der Waals surface area contributed by atoms with Crippen LogP contribution < -0.4 is 21.3 Å². The number of nitrogens with zero attached hydrogens (tertiary/aromatic N) is 3. The average Bonchev–Trinajstić information content (AvgIpc) is 2.42. The van der Waals surface area contributed by atoms with Gasteiger partial charge in [-0.15, -0.1) is 0 Å². The van der Waals surface area contributed by atoms with Gasteiger partial charge in [0.1, 0.15) is 0 Å². The summed E-state index contributed by atoms with van der Waals surface area (Å²) in [7, 11) is 1.65. The summed E-state index contributed by atoms with van der Waals surface area (Å²) >= 11 is 0. The molecule has 1 aromatic rings. The van der Waals surface area contributed by atoms with E-state index in [1.807, 2.05) is 20.8 Å². The van der Waals surface area contributed by atoms with Crippen LogP contribution in [0.4, 0.5) is 11.9 Å². The Hall–Kier alpha value is -1.67. The highest BCUT2D eigenvalue weighted by Crippen LogP contribution is 2.13. The Labute approximate surface area is 113 Å². The lowest BCUT2D eigenvalue weighted by Gasteiger charge is -2.23. The smallest absolute Gasteiger partial charge is 0.323 e. The van der Waals surface area contributed by atoms with E-state index in [2.05, 4.69) is 25.7 Å². The zero-order chi connectivity index (χ0) is 14.3. The van der Waals surface area contributed by atoms with Gasteiger partial charge in [0.25, 0.3) is 0 Å². The third-order valence-corrected chi connectivity index (χ3v) is 2.40. The van der Waals surface area contributed by atoms with Gasteiger partial charge >= 0.3 is 6.01 Å². The first kappa shape index (κ1) is 15.4. The molecule has 1 heterocycles. The number of methoxy groups -OCH3 is 1. The lowest BCUT2D eigenvalue weighted by Crippen LogP contribution is -2.32. The summed E-state index contributed by atoms with van der Waals surface area (Å²) in [4.78, 5) is 12.2. The van der Waals surface area contributed by atoms with E-state index in [0.29, 0.717) is 19.1 Å². The second-order valence-corrected chi connectivity index (χ2v) is 4.58. The van der Waals surface area contributed by atoms with Crippen molar-refractivity contribution in [1.82, 2.24) is 15.0 Å². The molecular weight excluding hydrogens is 248 g/mol. The summed E-state index contributed by atoms with van der Waals surface area (Å²) in [6, 6.07) is 0.238. The maximum Gasteiger partial charge on any atom is 0.323 e. The molecule has 4 N–H and O–H groups in total. The molecule has 0 unspecified atom stereocenters. The number of rotatable bonds is 8. The van der Waals surface area contributed by atoms with Crippen LogP contribution >= 0.6 is 0 Å². The Morgan fingerprint density at radius 2 is 1.89 bits per heavy atom. The number of nitrogens with two attached hydrogens (primary N) is 1. The molecule has 0 amide bonds. The number of hydrogen-bond acceptors (Lipinski definition) is 8. The van der Waals surface area contributed by atoms with E-state index in [1.165, 1.54) is 0 Å². The Bertz CT molecular complexity index is 399. The van der Waals surface area contributed by atoms with Crippen molar-refractivity contribution >= 4 is 11.9 Å². The van der Waals surface area contributed by atoms with Crippen molar-refractivity contribution in [3.8, 4) is 6.01 Å². The Balaban J connectivity index is 2.76. The molecule has 0 saturated carbocycles. The van der Waals surface area contributed by atoms with Gasteiger partial charge in [-0.05, 0) is 20.3 Å². The van der Waals surface area contributed by atoms with Crippen molar-refractivity contribution in [3.63, 3.8) is 0 Å². The summed E-state index contributed by atoms with van der Waals surface area (Å²) in [5, 5.41) is 3.06. The van der Waals surface area contributed by atoms with Gasteiger partial charge in [0, 0.05) is 13.7 Å². The molecule has 0 saturated heterocycles. The Morgan fingerprint density at radius 3 is 2.47 bits per heavy atom. The Kier molecular flexibility index (Phi) is 5.71. The largest absolute Gasteiger partial charge is 0.463 e. The number of aromatic nitrogens is 3. The highest BCUT2D eigenvalue weighted by Gasteiger charge is 2.17. The second-order valence-electron chi connectivity index (χ2n) is 4.58. The standard InChI is InChI=1S/C11H22N6O2/c1-5-6-19-10-15-8(14-9(16-10)17-12)13-7-11(2,3)18-4/h5-7,12H2,1-4H3,(H2,13,14,15,16,17). The molecule has 0 spiro atoms. The van der Waals surface area contributed by atoms with Gasteiger partial charge in [-0.2, -0.15) is 15.0 Å². The van der Waals surface area contributed by atoms with Crippen LogP contribution in [0.2, 0.25) is 0 Å². The van der Waals surface area contributed by atoms with E-state index in [1.54, 1.807) is 7.11 Å². The molecular formula is C11H22N6O2. The van der Waals surface area contributed by atoms with Crippen LogP contribution in [0.3, 0.4) is 0 Å². The van der Waals surface area contributed by atoms with Gasteiger partial charge in [-0.3, -0.25) is 5.43 Å². The fourth-order valence-electron chi connectivity index (χ4n) is 1.12. The minimum absolute atomic E-state index is 0.238. The van der Waals surface area contributed by atoms with Gasteiger partial charge in [-0.25, -0.2) is 5.84 Å². The highest BCUT2D eigenvalue weighted by atomic mass is 16.5. The Morgan fingerprint density at radius 1 is 1.21 bits per heavy atom. The molecule has 0 fully saturated rings. The fraction of sp³-hybridized carbons (Fsp3) is 0.727. The fourth-order valence-corrected chi connectivity index (χ4v) is 1.12. The number of nitrogens with one attached hydrogen (secondary N) is 2. The van der Waals surface area contributed by atoms with Crippen LogP contribution in [-0.4, -0.2) is 40.8 Å². The number of ether oxygens (including phenoxy) is 2. The maximum atomic E-state index is 5.37. The summed E-state index contributed by atoms with van der Waals surface area (Å²) in [5.41, 5.74) is 2.06. The number of nitrogen functional groups attached to an aromatic ring is 1. The van der Waals surface area contributed by atoms with Crippen molar-refractivity contribution in [2.24, 2.45) is 5.84 Å². The molecule has 0 atom stereocenters. The van der Waals surface area contributed by atoms with Gasteiger partial charge in [0.15, 0.2) is 0 Å². The highest BCUT2D eigenvalue weighted by molar-refractivity contribution is 5.35. The lowest BCUT2D eigenvalue weighted by atomic mass is 10.1. The van der Waals surface area contributed by atoms with Gasteiger partial charge in [-0.1, -0.05) is 6.92 Å². The maximum absolute atomic E-state index is 5.37. The summed E-state index contributed by atoms with van der Waals surface area (Å²) in [5.74, 6) is 5.95. The van der Waals surface area contributed by atoms with Crippen molar-refractivity contribution < 1.29 is 9.47 Å². The molecule has 1 aromatic heterocycles. The molecule has 0 bridgehead atoms. The van der Waals surface area contributed by atoms with Gasteiger partial charge < -0.3 is 14.8 Å². The summed E-state index contributed by atoms with van der Waals surface area (Å²) in [6.07, 6.45) is 0.872. The quantitative estimate of drug-likeness (QED) is 0.470. The van der Waals surface area contributed by atoms with E-state index >= 15 is 0 Å². The van der Waals surface area contributed by atoms with Crippen molar-refractivity contribution in [2.45, 2.75) is 32.8 Å². The van der Waals surface area contributed by atoms with E-state index in [4.69, 9.17) is 15.3 Å². The average molecular weight is 270 g/mol. The monoisotopic (exact) mass is 270 g/mol. The second kappa shape index (κ2) is 7.05. The van der Waals surface area contributed by atoms with Crippen LogP contribution in [0.5, 0.6) is 6.01 Å². The van der Waals surface area contributed by atoms with Gasteiger partial charge in [0.2, 0.25) is 11.9 Å². The first-order chi connectivity index (χ1) is 9.00. The van der Waals surface area contributed by atoms with E-state index in [9.17, 15) is 0 Å². The van der Waals surface area contributed by atoms with Crippen LogP contribution in [0.15, 0.2) is 0 Å². The third-order valence-electron chi connectivity index (χ3n) is 2.40. The topological polar surface area (TPSA) is 107 Å². The molecule has 0 aliphatic rings. The third kappa shape index (κ3) is 5.23. The first-order valence-corrected chi connectivity index (χ1v) is 6.15. The van der Waals surface area contributed by atoms with Crippen LogP contribution in [-0.2, 0) is 4.74 Å². The first-order valence-electron chi connectivity index (χ1n) is 6.15. The summed E-state index contributed by atoms with van der Waals surface area (Å²) in [6.45, 7) is 7.00. The van der Waals surface area contributed by atoms with E-state index in [-0.39, 0.29) is 17.6 Å². The predicted molar refractivity (Wildman–Crippen MR) is 73.0 cm³/mol. The molecule has 1 rings (SSSR count). The molecule has 108 valence electrons. The predicted octanol–water partition coefficient (Wildman–Crippen LogP) is 0.783.